The topological polar surface area (TPSA) is 57.5 Å². The first-order valence-corrected chi connectivity index (χ1v) is 4.07. The summed E-state index contributed by atoms with van der Waals surface area (Å²) in [5, 5.41) is 8.22. The molecule has 0 amide bonds. The molecule has 1 heterocycles. The molecule has 0 saturated carbocycles. The Balaban J connectivity index is 2.89. The number of nitrogens with zero attached hydrogens (tertiary/aromatic N) is 2. The van der Waals surface area contributed by atoms with Crippen LogP contribution in [0.1, 0.15) is 5.56 Å². The summed E-state index contributed by atoms with van der Waals surface area (Å²) < 4.78 is 0.943. The van der Waals surface area contributed by atoms with Crippen LogP contribution in [0.5, 0.6) is 0 Å². The Morgan fingerprint density at radius 3 is 3.08 bits per heavy atom. The van der Waals surface area contributed by atoms with Crippen molar-refractivity contribution >= 4 is 28.1 Å². The molecule has 1 rings (SSSR count). The fourth-order valence-electron chi connectivity index (χ4n) is 0.690. The molecule has 0 aliphatic rings. The predicted molar refractivity (Wildman–Crippen MR) is 49.7 cm³/mol. The van der Waals surface area contributed by atoms with Gasteiger partial charge in [0.25, 0.3) is 0 Å². The van der Waals surface area contributed by atoms with Crippen LogP contribution >= 0.6 is 15.9 Å². The third kappa shape index (κ3) is 2.28. The van der Waals surface area contributed by atoms with Crippen LogP contribution in [0.4, 0.5) is 5.82 Å². The largest absolute Gasteiger partial charge is 0.290 e. The van der Waals surface area contributed by atoms with Gasteiger partial charge in [-0.25, -0.2) is 9.98 Å². The predicted octanol–water partition coefficient (Wildman–Crippen LogP) is 1.79. The van der Waals surface area contributed by atoms with Gasteiger partial charge in [-0.3, -0.25) is 10.7 Å². The maximum atomic E-state index is 8.22. The summed E-state index contributed by atoms with van der Waals surface area (Å²) in [5.74, 6) is 0.553. The Hall–Kier alpha value is -0.940. The van der Waals surface area contributed by atoms with E-state index >= 15 is 0 Å². The first kappa shape index (κ1) is 9.15. The van der Waals surface area contributed by atoms with E-state index in [-0.39, 0.29) is 0 Å². The highest BCUT2D eigenvalue weighted by Gasteiger charge is 1.95. The van der Waals surface area contributed by atoms with Gasteiger partial charge in [0.15, 0.2) is 5.82 Å². The zero-order chi connectivity index (χ0) is 8.97. The quantitative estimate of drug-likeness (QED) is 0.462. The summed E-state index contributed by atoms with van der Waals surface area (Å²) in [5.41, 5.74) is 2.86. The second-order valence-corrected chi connectivity index (χ2v) is 3.03. The molecule has 4 nitrogen and oxygen atoms in total. The normalized spacial score (nSPS) is 10.6. The first-order valence-electron chi connectivity index (χ1n) is 3.28. The summed E-state index contributed by atoms with van der Waals surface area (Å²) >= 11 is 3.32. The highest BCUT2D eigenvalue weighted by molar-refractivity contribution is 9.10. The van der Waals surface area contributed by atoms with E-state index in [9.17, 15) is 0 Å². The van der Waals surface area contributed by atoms with Crippen molar-refractivity contribution < 1.29 is 5.21 Å². The van der Waals surface area contributed by atoms with Crippen LogP contribution in [0, 0.1) is 6.92 Å². The third-order valence-electron chi connectivity index (χ3n) is 1.29. The van der Waals surface area contributed by atoms with Gasteiger partial charge in [-0.2, -0.15) is 0 Å². The molecule has 64 valence electrons. The fraction of sp³-hybridized carbons (Fsp3) is 0.143. The number of aryl methyl sites for hydroxylation is 1. The molecule has 0 bridgehead atoms. The lowest BCUT2D eigenvalue weighted by Crippen LogP contribution is -2.01. The highest BCUT2D eigenvalue weighted by Crippen LogP contribution is 2.18. The van der Waals surface area contributed by atoms with Crippen LogP contribution in [0.15, 0.2) is 21.7 Å². The van der Waals surface area contributed by atoms with Crippen molar-refractivity contribution in [2.45, 2.75) is 6.92 Å². The third-order valence-corrected chi connectivity index (χ3v) is 2.12. The molecule has 0 spiro atoms. The van der Waals surface area contributed by atoms with E-state index in [0.717, 1.165) is 16.4 Å². The van der Waals surface area contributed by atoms with Crippen molar-refractivity contribution in [1.82, 2.24) is 10.5 Å². The maximum absolute atomic E-state index is 8.22. The molecule has 0 fully saturated rings. The van der Waals surface area contributed by atoms with Crippen LogP contribution in [0.25, 0.3) is 0 Å². The van der Waals surface area contributed by atoms with Crippen LogP contribution in [-0.4, -0.2) is 16.5 Å². The average molecular weight is 230 g/mol. The van der Waals surface area contributed by atoms with E-state index in [0.29, 0.717) is 5.82 Å². The van der Waals surface area contributed by atoms with E-state index in [2.05, 4.69) is 25.9 Å². The fourth-order valence-corrected chi connectivity index (χ4v) is 0.907. The van der Waals surface area contributed by atoms with Gasteiger partial charge in [0.05, 0.1) is 0 Å². The number of hydrogen-bond donors (Lipinski definition) is 2. The number of aromatic nitrogens is 1. The Labute approximate surface area is 78.4 Å². The van der Waals surface area contributed by atoms with Gasteiger partial charge >= 0.3 is 0 Å². The number of rotatable bonds is 2. The minimum Gasteiger partial charge on any atom is -0.290 e. The molecule has 0 aliphatic heterocycles. The van der Waals surface area contributed by atoms with Crippen LogP contribution in [0.3, 0.4) is 0 Å². The highest BCUT2D eigenvalue weighted by atomic mass is 79.9. The SMILES string of the molecule is Cc1cc(N=CNO)ncc1Br. The number of nitrogens with one attached hydrogen (secondary N) is 1. The van der Waals surface area contributed by atoms with Gasteiger partial charge in [-0.05, 0) is 34.5 Å². The Morgan fingerprint density at radius 2 is 2.50 bits per heavy atom. The first-order chi connectivity index (χ1) is 5.74. The zero-order valence-corrected chi connectivity index (χ0v) is 8.04. The summed E-state index contributed by atoms with van der Waals surface area (Å²) in [4.78, 5) is 7.79. The summed E-state index contributed by atoms with van der Waals surface area (Å²) in [6.07, 6.45) is 2.83. The lowest BCUT2D eigenvalue weighted by atomic mass is 10.3. The Bertz CT molecular complexity index is 301. The average Bonchev–Trinajstić information content (AvgIpc) is 2.07. The number of hydrogen-bond acceptors (Lipinski definition) is 3. The minimum atomic E-state index is 0.553. The molecule has 5 heteroatoms. The second-order valence-electron chi connectivity index (χ2n) is 2.18. The lowest BCUT2D eigenvalue weighted by molar-refractivity contribution is 0.240. The molecule has 1 aromatic rings. The molecule has 2 N–H and O–H groups in total. The summed E-state index contributed by atoms with van der Waals surface area (Å²) in [6.45, 7) is 1.94. The van der Waals surface area contributed by atoms with Crippen LogP contribution in [0.2, 0.25) is 0 Å². The monoisotopic (exact) mass is 229 g/mol. The molecule has 0 unspecified atom stereocenters. The number of halogens is 1. The van der Waals surface area contributed by atoms with E-state index in [4.69, 9.17) is 5.21 Å². The number of hydroxylamine groups is 1. The molecular formula is C7H8BrN3O. The molecule has 0 aliphatic carbocycles. The van der Waals surface area contributed by atoms with Crippen molar-refractivity contribution in [2.75, 3.05) is 0 Å². The van der Waals surface area contributed by atoms with Crippen molar-refractivity contribution in [2.24, 2.45) is 4.99 Å². The van der Waals surface area contributed by atoms with Crippen molar-refractivity contribution in [1.29, 1.82) is 0 Å². The molecule has 0 aromatic carbocycles. The lowest BCUT2D eigenvalue weighted by Gasteiger charge is -1.97. The minimum absolute atomic E-state index is 0.553. The van der Waals surface area contributed by atoms with E-state index in [1.165, 1.54) is 0 Å². The van der Waals surface area contributed by atoms with E-state index in [1.807, 2.05) is 6.92 Å². The van der Waals surface area contributed by atoms with E-state index in [1.54, 1.807) is 17.7 Å². The maximum Gasteiger partial charge on any atom is 0.153 e. The number of pyridine rings is 1. The van der Waals surface area contributed by atoms with Crippen molar-refractivity contribution in [3.63, 3.8) is 0 Å². The standard InChI is InChI=1S/C7H8BrN3O/c1-5-2-7(10-4-11-12)9-3-6(5)8/h2-4,12H,1H3,(H,9,10,11). The van der Waals surface area contributed by atoms with Crippen LogP contribution in [-0.2, 0) is 0 Å². The van der Waals surface area contributed by atoms with Gasteiger partial charge in [-0.1, -0.05) is 0 Å². The summed E-state index contributed by atoms with van der Waals surface area (Å²) in [7, 11) is 0. The second kappa shape index (κ2) is 4.18. The van der Waals surface area contributed by atoms with Crippen molar-refractivity contribution in [3.05, 3.63) is 22.3 Å². The Kier molecular flexibility index (Phi) is 3.19. The Morgan fingerprint density at radius 1 is 1.75 bits per heavy atom. The molecule has 12 heavy (non-hydrogen) atoms. The molecule has 0 saturated heterocycles. The smallest absolute Gasteiger partial charge is 0.153 e. The van der Waals surface area contributed by atoms with Gasteiger partial charge in [0, 0.05) is 10.7 Å². The molecule has 0 atom stereocenters. The van der Waals surface area contributed by atoms with Crippen molar-refractivity contribution in [3.8, 4) is 0 Å². The van der Waals surface area contributed by atoms with Gasteiger partial charge in [0.2, 0.25) is 0 Å². The number of aliphatic imine (C=N–C) groups is 1. The molecular weight excluding hydrogens is 222 g/mol. The van der Waals surface area contributed by atoms with Gasteiger partial charge in [-0.15, -0.1) is 0 Å². The zero-order valence-electron chi connectivity index (χ0n) is 6.45. The van der Waals surface area contributed by atoms with Crippen LogP contribution < -0.4 is 5.48 Å². The molecule has 1 aromatic heterocycles. The van der Waals surface area contributed by atoms with Gasteiger partial charge < -0.3 is 0 Å². The van der Waals surface area contributed by atoms with E-state index < -0.39 is 0 Å². The van der Waals surface area contributed by atoms with Gasteiger partial charge in [0.1, 0.15) is 6.34 Å². The summed E-state index contributed by atoms with van der Waals surface area (Å²) in [6, 6.07) is 1.80. The molecule has 0 radical (unpaired) electrons.